The van der Waals surface area contributed by atoms with E-state index in [1.54, 1.807) is 0 Å². The second-order valence-electron chi connectivity index (χ2n) is 8.37. The molecule has 11 N–H and O–H groups in total. The summed E-state index contributed by atoms with van der Waals surface area (Å²) in [5.74, 6) is -1.70. The lowest BCUT2D eigenvalue weighted by molar-refractivity contribution is -0.375. The second-order valence-corrected chi connectivity index (χ2v) is 8.37. The van der Waals surface area contributed by atoms with Crippen LogP contribution in [0.5, 0.6) is 0 Å². The van der Waals surface area contributed by atoms with E-state index in [1.165, 1.54) is 0 Å². The third-order valence-electron chi connectivity index (χ3n) is 6.06. The topological polar surface area (TPSA) is 286 Å². The summed E-state index contributed by atoms with van der Waals surface area (Å²) in [7, 11) is 0. The summed E-state index contributed by atoms with van der Waals surface area (Å²) < 4.78 is 25.9. The van der Waals surface area contributed by atoms with Gasteiger partial charge in [-0.1, -0.05) is 0 Å². The highest BCUT2D eigenvalue weighted by Gasteiger charge is 2.54. The monoisotopic (exact) mass is 518 g/mol. The molecular formula is C18H30O17. The summed E-state index contributed by atoms with van der Waals surface area (Å²) in [5, 5.41) is 109. The molecule has 3 fully saturated rings. The number of aliphatic hydroxyl groups excluding tert-OH is 10. The first-order chi connectivity index (χ1) is 16.4. The van der Waals surface area contributed by atoms with Crippen molar-refractivity contribution in [1.29, 1.82) is 0 Å². The summed E-state index contributed by atoms with van der Waals surface area (Å²) in [6, 6.07) is 0. The number of hydrogen-bond donors (Lipinski definition) is 11. The molecule has 0 aromatic rings. The third kappa shape index (κ3) is 5.59. The van der Waals surface area contributed by atoms with Crippen LogP contribution in [0.25, 0.3) is 0 Å². The van der Waals surface area contributed by atoms with Gasteiger partial charge in [-0.2, -0.15) is 0 Å². The third-order valence-corrected chi connectivity index (χ3v) is 6.06. The van der Waals surface area contributed by atoms with E-state index < -0.39 is 111 Å². The SMILES string of the molecule is O=C(O)[C@H]1OC(O)[C@H](O)[C@@H](O)[C@@H]1O[C@@H]1O[C@H](CO)[C@@H](O[C@@H]2O[C@H](CO)[C@@H](O)[C@H](O)[C@H]2O)[C@H](O)[C@H]1O. The Hall–Kier alpha value is -1.13. The van der Waals surface area contributed by atoms with Crippen LogP contribution in [0.4, 0.5) is 0 Å². The molecule has 0 aromatic heterocycles. The van der Waals surface area contributed by atoms with Gasteiger partial charge in [-0.15, -0.1) is 0 Å². The van der Waals surface area contributed by atoms with Gasteiger partial charge >= 0.3 is 5.97 Å². The van der Waals surface area contributed by atoms with Gasteiger partial charge in [-0.25, -0.2) is 4.79 Å². The number of aliphatic carboxylic acids is 1. The van der Waals surface area contributed by atoms with E-state index in [0.29, 0.717) is 0 Å². The molecule has 0 saturated carbocycles. The van der Waals surface area contributed by atoms with Crippen LogP contribution in [0.2, 0.25) is 0 Å². The van der Waals surface area contributed by atoms with Crippen LogP contribution in [-0.2, 0) is 28.5 Å². The van der Waals surface area contributed by atoms with E-state index in [4.69, 9.17) is 23.7 Å². The van der Waals surface area contributed by atoms with Gasteiger partial charge in [0.25, 0.3) is 0 Å². The van der Waals surface area contributed by atoms with Crippen LogP contribution in [0.1, 0.15) is 0 Å². The first kappa shape index (κ1) is 28.4. The van der Waals surface area contributed by atoms with Crippen LogP contribution in [0.15, 0.2) is 0 Å². The van der Waals surface area contributed by atoms with Crippen molar-refractivity contribution in [3.8, 4) is 0 Å². The molecule has 0 bridgehead atoms. The van der Waals surface area contributed by atoms with Crippen molar-refractivity contribution in [2.75, 3.05) is 13.2 Å². The molecule has 3 rings (SSSR count). The van der Waals surface area contributed by atoms with Crippen molar-refractivity contribution in [3.63, 3.8) is 0 Å². The average molecular weight is 518 g/mol. The minimum Gasteiger partial charge on any atom is -0.479 e. The second kappa shape index (κ2) is 11.5. The zero-order chi connectivity index (χ0) is 26.2. The summed E-state index contributed by atoms with van der Waals surface area (Å²) >= 11 is 0. The molecule has 0 aromatic carbocycles. The van der Waals surface area contributed by atoms with E-state index in [9.17, 15) is 61.0 Å². The van der Waals surface area contributed by atoms with E-state index in [2.05, 4.69) is 0 Å². The number of ether oxygens (including phenoxy) is 5. The van der Waals surface area contributed by atoms with Crippen molar-refractivity contribution in [2.24, 2.45) is 0 Å². The highest BCUT2D eigenvalue weighted by atomic mass is 16.8. The van der Waals surface area contributed by atoms with Crippen LogP contribution in [0.3, 0.4) is 0 Å². The zero-order valence-corrected chi connectivity index (χ0v) is 17.9. The molecule has 0 radical (unpaired) electrons. The molecule has 3 aliphatic heterocycles. The molecule has 204 valence electrons. The smallest absolute Gasteiger partial charge is 0.335 e. The van der Waals surface area contributed by atoms with Gasteiger partial charge in [0, 0.05) is 0 Å². The lowest BCUT2D eigenvalue weighted by Crippen LogP contribution is -2.66. The van der Waals surface area contributed by atoms with Gasteiger partial charge in [-0.3, -0.25) is 0 Å². The molecule has 17 heteroatoms. The first-order valence-electron chi connectivity index (χ1n) is 10.6. The lowest BCUT2D eigenvalue weighted by Gasteiger charge is -2.47. The fraction of sp³-hybridized carbons (Fsp3) is 0.944. The Kier molecular flexibility index (Phi) is 9.35. The molecule has 15 atom stereocenters. The van der Waals surface area contributed by atoms with Crippen LogP contribution in [-0.4, -0.2) is 167 Å². The van der Waals surface area contributed by atoms with Crippen molar-refractivity contribution < 1.29 is 84.7 Å². The molecule has 1 unspecified atom stereocenters. The van der Waals surface area contributed by atoms with E-state index in [1.807, 2.05) is 0 Å². The number of rotatable bonds is 7. The van der Waals surface area contributed by atoms with Gasteiger partial charge in [0.2, 0.25) is 0 Å². The molecule has 3 heterocycles. The predicted octanol–water partition coefficient (Wildman–Crippen LogP) is -7.48. The molecule has 35 heavy (non-hydrogen) atoms. The Labute approximate surface area is 196 Å². The van der Waals surface area contributed by atoms with Crippen LogP contribution in [0, 0.1) is 0 Å². The Morgan fingerprint density at radius 1 is 0.600 bits per heavy atom. The Morgan fingerprint density at radius 3 is 1.63 bits per heavy atom. The maximum atomic E-state index is 11.5. The number of aliphatic hydroxyl groups is 10. The highest BCUT2D eigenvalue weighted by Crippen LogP contribution is 2.32. The summed E-state index contributed by atoms with van der Waals surface area (Å²) in [4.78, 5) is 11.5. The molecule has 0 amide bonds. The minimum atomic E-state index is -2.06. The molecule has 0 aliphatic carbocycles. The van der Waals surface area contributed by atoms with Crippen LogP contribution < -0.4 is 0 Å². The fourth-order valence-corrected chi connectivity index (χ4v) is 4.02. The number of carboxylic acid groups (broad SMARTS) is 1. The summed E-state index contributed by atoms with van der Waals surface area (Å²) in [6.45, 7) is -1.66. The quantitative estimate of drug-likeness (QED) is 0.149. The molecular weight excluding hydrogens is 488 g/mol. The molecule has 3 saturated heterocycles. The summed E-state index contributed by atoms with van der Waals surface area (Å²) in [6.07, 6.45) is -27.6. The largest absolute Gasteiger partial charge is 0.479 e. The standard InChI is InChI=1S/C18H30O17/c19-1-3-5(21)6(22)10(26)17(31-3)34-12-4(2-20)32-18(11(27)8(12)24)35-13-7(23)9(25)16(30)33-14(13)15(28)29/h3-14,16-27,30H,1-2H2,(H,28,29)/t3-,4-,5-,6+,7-,8-,9-,10-,11-,12-,13+,14+,16?,17+,18+/m1/s1. The molecule has 3 aliphatic rings. The van der Waals surface area contributed by atoms with Gasteiger partial charge < -0.3 is 79.9 Å². The van der Waals surface area contributed by atoms with Gasteiger partial charge in [-0.05, 0) is 0 Å². The zero-order valence-electron chi connectivity index (χ0n) is 17.9. The highest BCUT2D eigenvalue weighted by molar-refractivity contribution is 5.73. The normalized spacial score (nSPS) is 51.2. The summed E-state index contributed by atoms with van der Waals surface area (Å²) in [5.41, 5.74) is 0. The average Bonchev–Trinajstić information content (AvgIpc) is 2.83. The van der Waals surface area contributed by atoms with Crippen molar-refractivity contribution in [2.45, 2.75) is 92.1 Å². The van der Waals surface area contributed by atoms with Crippen molar-refractivity contribution >= 4 is 5.97 Å². The van der Waals surface area contributed by atoms with E-state index in [0.717, 1.165) is 0 Å². The maximum absolute atomic E-state index is 11.5. The minimum absolute atomic E-state index is 0.770. The maximum Gasteiger partial charge on any atom is 0.335 e. The predicted molar refractivity (Wildman–Crippen MR) is 102 cm³/mol. The fourth-order valence-electron chi connectivity index (χ4n) is 4.02. The van der Waals surface area contributed by atoms with E-state index in [-0.39, 0.29) is 0 Å². The molecule has 17 nitrogen and oxygen atoms in total. The van der Waals surface area contributed by atoms with Crippen molar-refractivity contribution in [1.82, 2.24) is 0 Å². The lowest BCUT2D eigenvalue weighted by atomic mass is 9.96. The van der Waals surface area contributed by atoms with E-state index >= 15 is 0 Å². The van der Waals surface area contributed by atoms with Crippen LogP contribution >= 0.6 is 0 Å². The van der Waals surface area contributed by atoms with Crippen molar-refractivity contribution in [3.05, 3.63) is 0 Å². The Balaban J connectivity index is 1.74. The Morgan fingerprint density at radius 2 is 1.09 bits per heavy atom. The van der Waals surface area contributed by atoms with Gasteiger partial charge in [0.1, 0.15) is 67.1 Å². The van der Waals surface area contributed by atoms with Gasteiger partial charge in [0.05, 0.1) is 13.2 Å². The number of carboxylic acids is 1. The number of carbonyl (C=O) groups is 1. The Bertz CT molecular complexity index is 707. The molecule has 0 spiro atoms. The first-order valence-corrected chi connectivity index (χ1v) is 10.6. The van der Waals surface area contributed by atoms with Gasteiger partial charge in [0.15, 0.2) is 25.0 Å². The number of hydrogen-bond acceptors (Lipinski definition) is 16.